The summed E-state index contributed by atoms with van der Waals surface area (Å²) in [4.78, 5) is 37.1. The van der Waals surface area contributed by atoms with E-state index in [1.165, 1.54) is 44.4 Å². The van der Waals surface area contributed by atoms with Crippen molar-refractivity contribution in [1.82, 2.24) is 4.90 Å². The first kappa shape index (κ1) is 22.6. The van der Waals surface area contributed by atoms with Crippen molar-refractivity contribution in [2.75, 3.05) is 7.11 Å². The van der Waals surface area contributed by atoms with Crippen molar-refractivity contribution in [3.05, 3.63) is 63.3 Å². The van der Waals surface area contributed by atoms with Gasteiger partial charge >= 0.3 is 5.97 Å². The van der Waals surface area contributed by atoms with Crippen molar-refractivity contribution in [2.24, 2.45) is 0 Å². The number of hydrogen-bond acceptors (Lipinski definition) is 6. The number of ether oxygens (including phenoxy) is 2. The van der Waals surface area contributed by atoms with Crippen molar-refractivity contribution in [2.45, 2.75) is 19.6 Å². The van der Waals surface area contributed by atoms with E-state index in [0.717, 1.165) is 16.7 Å². The standard InChI is InChI=1S/C21H17ClFNO6S/c1-11(20(26)27)30-16-7-6-12(8-17(16)29-2)9-18-19(25)24(21(28)31-18)10-13-14(22)4-3-5-15(13)23/h3-9,11H,10H2,1-2H3,(H,26,27)/b18-9-/t11-/m1/s1. The lowest BCUT2D eigenvalue weighted by atomic mass is 10.1. The molecule has 0 radical (unpaired) electrons. The van der Waals surface area contributed by atoms with Gasteiger partial charge in [0, 0.05) is 10.6 Å². The molecule has 0 aliphatic carbocycles. The van der Waals surface area contributed by atoms with Gasteiger partial charge in [0.2, 0.25) is 0 Å². The van der Waals surface area contributed by atoms with Crippen LogP contribution in [0, 0.1) is 5.82 Å². The third-order valence-corrected chi connectivity index (χ3v) is 5.65. The number of carboxylic acids is 1. The summed E-state index contributed by atoms with van der Waals surface area (Å²) in [6.45, 7) is 1.10. The van der Waals surface area contributed by atoms with Crippen LogP contribution in [-0.4, -0.2) is 40.3 Å². The molecule has 0 bridgehead atoms. The average molecular weight is 466 g/mol. The lowest BCUT2D eigenvalue weighted by molar-refractivity contribution is -0.144. The second-order valence-corrected chi connectivity index (χ2v) is 7.88. The van der Waals surface area contributed by atoms with Gasteiger partial charge in [-0.15, -0.1) is 0 Å². The molecule has 1 fully saturated rings. The summed E-state index contributed by atoms with van der Waals surface area (Å²) in [5, 5.41) is 8.57. The Morgan fingerprint density at radius 2 is 2.03 bits per heavy atom. The van der Waals surface area contributed by atoms with Crippen LogP contribution >= 0.6 is 23.4 Å². The fraction of sp³-hybridized carbons (Fsp3) is 0.190. The minimum atomic E-state index is -1.13. The fourth-order valence-electron chi connectivity index (χ4n) is 2.74. The van der Waals surface area contributed by atoms with Crippen LogP contribution in [0.1, 0.15) is 18.1 Å². The number of carboxylic acid groups (broad SMARTS) is 1. The van der Waals surface area contributed by atoms with E-state index in [1.807, 2.05) is 0 Å². The zero-order chi connectivity index (χ0) is 22.7. The molecule has 1 N–H and O–H groups in total. The van der Waals surface area contributed by atoms with Crippen molar-refractivity contribution < 1.29 is 33.4 Å². The van der Waals surface area contributed by atoms with E-state index in [2.05, 4.69) is 0 Å². The first-order valence-corrected chi connectivity index (χ1v) is 10.2. The van der Waals surface area contributed by atoms with Gasteiger partial charge in [-0.3, -0.25) is 14.5 Å². The van der Waals surface area contributed by atoms with Gasteiger partial charge in [0.15, 0.2) is 17.6 Å². The number of methoxy groups -OCH3 is 1. The number of nitrogens with zero attached hydrogens (tertiary/aromatic N) is 1. The van der Waals surface area contributed by atoms with Crippen LogP contribution in [0.25, 0.3) is 6.08 Å². The Balaban J connectivity index is 1.83. The van der Waals surface area contributed by atoms with Crippen LogP contribution in [0.5, 0.6) is 11.5 Å². The third-order valence-electron chi connectivity index (χ3n) is 4.39. The van der Waals surface area contributed by atoms with E-state index in [9.17, 15) is 18.8 Å². The highest BCUT2D eigenvalue weighted by atomic mass is 35.5. The zero-order valence-corrected chi connectivity index (χ0v) is 18.0. The number of rotatable bonds is 7. The molecular weight excluding hydrogens is 449 g/mol. The number of carbonyl (C=O) groups excluding carboxylic acids is 2. The average Bonchev–Trinajstić information content (AvgIpc) is 2.98. The summed E-state index contributed by atoms with van der Waals surface area (Å²) in [6, 6.07) is 8.77. The number of carbonyl (C=O) groups is 3. The van der Waals surface area contributed by atoms with E-state index < -0.39 is 29.0 Å². The summed E-state index contributed by atoms with van der Waals surface area (Å²) in [5.41, 5.74) is 0.588. The second-order valence-electron chi connectivity index (χ2n) is 6.48. The summed E-state index contributed by atoms with van der Waals surface area (Å²) in [7, 11) is 1.39. The normalized spacial score (nSPS) is 16.0. The molecule has 2 amide bonds. The van der Waals surface area contributed by atoms with Gasteiger partial charge in [0.25, 0.3) is 11.1 Å². The van der Waals surface area contributed by atoms with E-state index >= 15 is 0 Å². The van der Waals surface area contributed by atoms with Crippen LogP contribution in [0.3, 0.4) is 0 Å². The van der Waals surface area contributed by atoms with Crippen LogP contribution < -0.4 is 9.47 Å². The highest BCUT2D eigenvalue weighted by Gasteiger charge is 2.36. The zero-order valence-electron chi connectivity index (χ0n) is 16.4. The van der Waals surface area contributed by atoms with Crippen molar-refractivity contribution in [3.8, 4) is 11.5 Å². The largest absolute Gasteiger partial charge is 0.493 e. The fourth-order valence-corrected chi connectivity index (χ4v) is 3.80. The Bertz CT molecular complexity index is 1070. The second kappa shape index (κ2) is 9.40. The van der Waals surface area contributed by atoms with Crippen molar-refractivity contribution in [3.63, 3.8) is 0 Å². The maximum Gasteiger partial charge on any atom is 0.344 e. The number of imide groups is 1. The lowest BCUT2D eigenvalue weighted by Gasteiger charge is -2.14. The Kier molecular flexibility index (Phi) is 6.87. The van der Waals surface area contributed by atoms with Crippen LogP contribution in [0.4, 0.5) is 9.18 Å². The monoisotopic (exact) mass is 465 g/mol. The predicted octanol–water partition coefficient (Wildman–Crippen LogP) is 4.58. The molecule has 2 aromatic carbocycles. The van der Waals surface area contributed by atoms with Gasteiger partial charge in [-0.2, -0.15) is 0 Å². The molecule has 31 heavy (non-hydrogen) atoms. The van der Waals surface area contributed by atoms with Gasteiger partial charge in [-0.25, -0.2) is 9.18 Å². The van der Waals surface area contributed by atoms with Crippen LogP contribution in [0.2, 0.25) is 5.02 Å². The molecule has 0 unspecified atom stereocenters. The van der Waals surface area contributed by atoms with Gasteiger partial charge < -0.3 is 14.6 Å². The van der Waals surface area contributed by atoms with Gasteiger partial charge in [0.05, 0.1) is 18.6 Å². The van der Waals surface area contributed by atoms with Gasteiger partial charge in [-0.05, 0) is 54.6 Å². The molecule has 10 heteroatoms. The third kappa shape index (κ3) is 5.00. The molecule has 1 saturated heterocycles. The molecule has 3 rings (SSSR count). The van der Waals surface area contributed by atoms with E-state index in [1.54, 1.807) is 12.1 Å². The van der Waals surface area contributed by atoms with E-state index in [-0.39, 0.29) is 33.5 Å². The number of benzene rings is 2. The minimum Gasteiger partial charge on any atom is -0.493 e. The number of thioether (sulfide) groups is 1. The minimum absolute atomic E-state index is 0.0587. The van der Waals surface area contributed by atoms with Gasteiger partial charge in [0.1, 0.15) is 5.82 Å². The molecule has 1 atom stereocenters. The number of amides is 2. The topological polar surface area (TPSA) is 93.1 Å². The highest BCUT2D eigenvalue weighted by molar-refractivity contribution is 8.18. The lowest BCUT2D eigenvalue weighted by Crippen LogP contribution is -2.28. The number of halogens is 2. The maximum atomic E-state index is 14.0. The van der Waals surface area contributed by atoms with Gasteiger partial charge in [-0.1, -0.05) is 23.7 Å². The molecule has 2 aromatic rings. The first-order chi connectivity index (χ1) is 14.7. The molecule has 1 heterocycles. The van der Waals surface area contributed by atoms with Crippen molar-refractivity contribution >= 4 is 46.6 Å². The molecule has 0 saturated carbocycles. The van der Waals surface area contributed by atoms with Crippen LogP contribution in [0.15, 0.2) is 41.3 Å². The quantitative estimate of drug-likeness (QED) is 0.598. The molecule has 7 nitrogen and oxygen atoms in total. The Hall–Kier alpha value is -3.04. The molecule has 162 valence electrons. The molecule has 1 aliphatic heterocycles. The molecule has 0 aromatic heterocycles. The summed E-state index contributed by atoms with van der Waals surface area (Å²) < 4.78 is 24.6. The van der Waals surface area contributed by atoms with Crippen molar-refractivity contribution in [1.29, 1.82) is 0 Å². The Morgan fingerprint density at radius 1 is 1.29 bits per heavy atom. The molecular formula is C21H17ClFNO6S. The summed E-state index contributed by atoms with van der Waals surface area (Å²) in [6.07, 6.45) is 0.405. The number of aliphatic carboxylic acids is 1. The summed E-state index contributed by atoms with van der Waals surface area (Å²) >= 11 is 6.72. The summed E-state index contributed by atoms with van der Waals surface area (Å²) in [5.74, 6) is -1.83. The predicted molar refractivity (Wildman–Crippen MR) is 114 cm³/mol. The Labute approximate surface area is 186 Å². The maximum absolute atomic E-state index is 14.0. The first-order valence-electron chi connectivity index (χ1n) is 8.97. The van der Waals surface area contributed by atoms with E-state index in [0.29, 0.717) is 5.56 Å². The Morgan fingerprint density at radius 3 is 2.68 bits per heavy atom. The number of hydrogen-bond donors (Lipinski definition) is 1. The highest BCUT2D eigenvalue weighted by Crippen LogP contribution is 2.36. The molecule has 1 aliphatic rings. The van der Waals surface area contributed by atoms with Crippen LogP contribution in [-0.2, 0) is 16.1 Å². The van der Waals surface area contributed by atoms with E-state index in [4.69, 9.17) is 26.2 Å². The molecule has 0 spiro atoms. The smallest absolute Gasteiger partial charge is 0.344 e. The SMILES string of the molecule is COc1cc(/C=C2\SC(=O)N(Cc3c(F)cccc3Cl)C2=O)ccc1O[C@H](C)C(=O)O.